The van der Waals surface area contributed by atoms with Crippen LogP contribution in [0.5, 0.6) is 0 Å². The van der Waals surface area contributed by atoms with E-state index >= 15 is 0 Å². The van der Waals surface area contributed by atoms with Crippen molar-refractivity contribution < 1.29 is 17.1 Å². The van der Waals surface area contributed by atoms with Crippen LogP contribution in [0, 0.1) is 0 Å². The zero-order chi connectivity index (χ0) is 11.6. The lowest BCUT2D eigenvalue weighted by Crippen LogP contribution is -2.22. The van der Waals surface area contributed by atoms with Gasteiger partial charge in [0.15, 0.2) is 0 Å². The first-order valence-corrected chi connectivity index (χ1v) is 5.50. The summed E-state index contributed by atoms with van der Waals surface area (Å²) in [6, 6.07) is 4.97. The fraction of sp³-hybridized carbons (Fsp3) is 0.222. The van der Waals surface area contributed by atoms with Gasteiger partial charge in [-0.3, -0.25) is 4.79 Å². The highest BCUT2D eigenvalue weighted by atomic mass is 32.3. The number of amides is 1. The molecule has 82 valence electrons. The van der Waals surface area contributed by atoms with Crippen molar-refractivity contribution in [3.05, 3.63) is 24.3 Å². The molecule has 0 aromatic heterocycles. The standard InChI is InChI=1S/C9H10FNO3S/c1-7(12)11(2)8-3-5-9(6-4-8)15(10,13)14/h3-6H,1-2H3. The lowest BCUT2D eigenvalue weighted by Gasteiger charge is -2.14. The van der Waals surface area contributed by atoms with Crippen LogP contribution in [0.1, 0.15) is 6.92 Å². The Morgan fingerprint density at radius 3 is 2.07 bits per heavy atom. The van der Waals surface area contributed by atoms with Crippen molar-refractivity contribution in [3.8, 4) is 0 Å². The third kappa shape index (κ3) is 2.76. The third-order valence-electron chi connectivity index (χ3n) is 1.98. The minimum absolute atomic E-state index is 0.189. The van der Waals surface area contributed by atoms with Crippen molar-refractivity contribution in [2.24, 2.45) is 0 Å². The Labute approximate surface area is 87.5 Å². The van der Waals surface area contributed by atoms with Gasteiger partial charge in [0.2, 0.25) is 5.91 Å². The molecule has 0 aliphatic carbocycles. The normalized spacial score (nSPS) is 11.1. The average molecular weight is 231 g/mol. The van der Waals surface area contributed by atoms with Crippen LogP contribution in [-0.2, 0) is 15.0 Å². The summed E-state index contributed by atoms with van der Waals surface area (Å²) in [4.78, 5) is 11.9. The molecule has 1 rings (SSSR count). The van der Waals surface area contributed by atoms with E-state index in [1.165, 1.54) is 24.0 Å². The maximum atomic E-state index is 12.5. The summed E-state index contributed by atoms with van der Waals surface area (Å²) in [5, 5.41) is 0. The molecule has 1 amide bonds. The van der Waals surface area contributed by atoms with E-state index in [2.05, 4.69) is 0 Å². The molecule has 0 unspecified atom stereocenters. The zero-order valence-corrected chi connectivity index (χ0v) is 9.08. The van der Waals surface area contributed by atoms with Crippen molar-refractivity contribution >= 4 is 21.8 Å². The summed E-state index contributed by atoms with van der Waals surface area (Å²) < 4.78 is 33.5. The van der Waals surface area contributed by atoms with E-state index in [0.29, 0.717) is 5.69 Å². The molecule has 0 heterocycles. The zero-order valence-electron chi connectivity index (χ0n) is 8.27. The molecular weight excluding hydrogens is 221 g/mol. The summed E-state index contributed by atoms with van der Waals surface area (Å²) in [6.07, 6.45) is 0. The van der Waals surface area contributed by atoms with Crippen molar-refractivity contribution in [2.75, 3.05) is 11.9 Å². The minimum atomic E-state index is -4.67. The molecule has 0 atom stereocenters. The molecule has 0 N–H and O–H groups in total. The highest BCUT2D eigenvalue weighted by Gasteiger charge is 2.12. The number of rotatable bonds is 2. The molecule has 1 aromatic carbocycles. The second-order valence-electron chi connectivity index (χ2n) is 3.01. The third-order valence-corrected chi connectivity index (χ3v) is 2.81. The van der Waals surface area contributed by atoms with E-state index in [-0.39, 0.29) is 5.91 Å². The topological polar surface area (TPSA) is 54.5 Å². The Kier molecular flexibility index (Phi) is 3.09. The van der Waals surface area contributed by atoms with E-state index in [9.17, 15) is 17.1 Å². The predicted molar refractivity (Wildman–Crippen MR) is 53.8 cm³/mol. The summed E-state index contributed by atoms with van der Waals surface area (Å²) >= 11 is 0. The maximum Gasteiger partial charge on any atom is 0.332 e. The van der Waals surface area contributed by atoms with Gasteiger partial charge in [0.1, 0.15) is 0 Å². The summed E-state index contributed by atoms with van der Waals surface area (Å²) in [5.41, 5.74) is 0.509. The number of benzene rings is 1. The van der Waals surface area contributed by atoms with Crippen molar-refractivity contribution in [1.82, 2.24) is 0 Å². The second kappa shape index (κ2) is 3.98. The van der Waals surface area contributed by atoms with Gasteiger partial charge in [-0.2, -0.15) is 8.42 Å². The minimum Gasteiger partial charge on any atom is -0.316 e. The molecule has 0 saturated carbocycles. The SMILES string of the molecule is CC(=O)N(C)c1ccc(S(=O)(=O)F)cc1. The van der Waals surface area contributed by atoms with E-state index < -0.39 is 15.1 Å². The van der Waals surface area contributed by atoms with Crippen molar-refractivity contribution in [3.63, 3.8) is 0 Å². The van der Waals surface area contributed by atoms with E-state index in [4.69, 9.17) is 0 Å². The van der Waals surface area contributed by atoms with Crippen molar-refractivity contribution in [2.45, 2.75) is 11.8 Å². The first kappa shape index (κ1) is 11.6. The highest BCUT2D eigenvalue weighted by Crippen LogP contribution is 2.18. The molecule has 0 bridgehead atoms. The lowest BCUT2D eigenvalue weighted by molar-refractivity contribution is -0.116. The number of anilines is 1. The van der Waals surface area contributed by atoms with Crippen LogP contribution in [0.2, 0.25) is 0 Å². The van der Waals surface area contributed by atoms with Gasteiger partial charge < -0.3 is 4.90 Å². The number of nitrogens with zero attached hydrogens (tertiary/aromatic N) is 1. The Balaban J connectivity index is 3.06. The molecular formula is C9H10FNO3S. The van der Waals surface area contributed by atoms with Crippen LogP contribution >= 0.6 is 0 Å². The summed E-state index contributed by atoms with van der Waals surface area (Å²) in [5.74, 6) is -0.189. The quantitative estimate of drug-likeness (QED) is 0.721. The maximum absolute atomic E-state index is 12.5. The van der Waals surface area contributed by atoms with Crippen LogP contribution in [-0.4, -0.2) is 21.4 Å². The number of halogens is 1. The fourth-order valence-corrected chi connectivity index (χ4v) is 1.48. The van der Waals surface area contributed by atoms with E-state index in [1.807, 2.05) is 0 Å². The first-order valence-electron chi connectivity index (χ1n) is 4.11. The van der Waals surface area contributed by atoms with Gasteiger partial charge in [0, 0.05) is 19.7 Å². The lowest BCUT2D eigenvalue weighted by atomic mass is 10.3. The number of hydrogen-bond acceptors (Lipinski definition) is 3. The van der Waals surface area contributed by atoms with Gasteiger partial charge in [0.05, 0.1) is 4.90 Å². The molecule has 4 nitrogen and oxygen atoms in total. The Morgan fingerprint density at radius 1 is 1.27 bits per heavy atom. The van der Waals surface area contributed by atoms with Gasteiger partial charge in [0.25, 0.3) is 0 Å². The number of carbonyl (C=O) groups is 1. The van der Waals surface area contributed by atoms with Gasteiger partial charge in [-0.1, -0.05) is 0 Å². The number of carbonyl (C=O) groups excluding carboxylic acids is 1. The molecule has 0 aliphatic rings. The molecule has 0 radical (unpaired) electrons. The van der Waals surface area contributed by atoms with Crippen LogP contribution in [0.15, 0.2) is 29.2 Å². The molecule has 1 aromatic rings. The van der Waals surface area contributed by atoms with Gasteiger partial charge in [-0.25, -0.2) is 0 Å². The van der Waals surface area contributed by atoms with Crippen LogP contribution in [0.4, 0.5) is 9.57 Å². The van der Waals surface area contributed by atoms with Crippen LogP contribution < -0.4 is 4.90 Å². The van der Waals surface area contributed by atoms with Gasteiger partial charge in [-0.05, 0) is 24.3 Å². The van der Waals surface area contributed by atoms with E-state index in [0.717, 1.165) is 12.1 Å². The first-order chi connectivity index (χ1) is 6.82. The fourth-order valence-electron chi connectivity index (χ4n) is 1.01. The summed E-state index contributed by atoms with van der Waals surface area (Å²) in [7, 11) is -3.13. The second-order valence-corrected chi connectivity index (χ2v) is 4.36. The largest absolute Gasteiger partial charge is 0.332 e. The van der Waals surface area contributed by atoms with E-state index in [1.54, 1.807) is 7.05 Å². The van der Waals surface area contributed by atoms with Crippen LogP contribution in [0.3, 0.4) is 0 Å². The smallest absolute Gasteiger partial charge is 0.316 e. The highest BCUT2D eigenvalue weighted by molar-refractivity contribution is 7.86. The molecule has 15 heavy (non-hydrogen) atoms. The molecule has 0 fully saturated rings. The van der Waals surface area contributed by atoms with Crippen LogP contribution in [0.25, 0.3) is 0 Å². The van der Waals surface area contributed by atoms with Crippen molar-refractivity contribution in [1.29, 1.82) is 0 Å². The average Bonchev–Trinajstić information content (AvgIpc) is 2.15. The van der Waals surface area contributed by atoms with Gasteiger partial charge >= 0.3 is 10.2 Å². The Hall–Kier alpha value is -1.43. The Morgan fingerprint density at radius 2 is 1.73 bits per heavy atom. The molecule has 6 heteroatoms. The number of hydrogen-bond donors (Lipinski definition) is 0. The summed E-state index contributed by atoms with van der Waals surface area (Å²) in [6.45, 7) is 1.37. The Bertz CT molecular complexity index is 467. The molecule has 0 spiro atoms. The molecule has 0 aliphatic heterocycles. The predicted octanol–water partition coefficient (Wildman–Crippen LogP) is 1.33. The molecule has 0 saturated heterocycles. The monoisotopic (exact) mass is 231 g/mol. The van der Waals surface area contributed by atoms with Gasteiger partial charge in [-0.15, -0.1) is 3.89 Å².